The maximum Gasteiger partial charge on any atom is 0.252 e. The van der Waals surface area contributed by atoms with Crippen LogP contribution in [0, 0.1) is 0 Å². The molecule has 0 bridgehead atoms. The average Bonchev–Trinajstić information content (AvgIpc) is 3.83. The number of hydrogen-bond donors (Lipinski definition) is 0. The third-order valence-electron chi connectivity index (χ3n) is 14.5. The van der Waals surface area contributed by atoms with Crippen molar-refractivity contribution in [3.05, 3.63) is 261 Å². The lowest BCUT2D eigenvalue weighted by molar-refractivity contribution is 0.670. The lowest BCUT2D eigenvalue weighted by Gasteiger charge is -2.44. The maximum atomic E-state index is 6.84. The Morgan fingerprint density at radius 1 is 0.286 bits per heavy atom. The minimum absolute atomic E-state index is 0.0691. The summed E-state index contributed by atoms with van der Waals surface area (Å²) in [5.41, 5.74) is 23.9. The molecule has 0 unspecified atom stereocenters. The molecular formula is C66H43BN2O. The van der Waals surface area contributed by atoms with Gasteiger partial charge < -0.3 is 14.2 Å². The van der Waals surface area contributed by atoms with E-state index in [-0.39, 0.29) is 6.71 Å². The molecule has 2 aliphatic heterocycles. The summed E-state index contributed by atoms with van der Waals surface area (Å²) in [6, 6.07) is 95.2. The highest BCUT2D eigenvalue weighted by molar-refractivity contribution is 7.00. The molecule has 0 N–H and O–H groups in total. The standard InChI is InChI=1S/C66H43BN2O/c1-5-16-44(17-6-1)48-28-34-53(35-29-48)68-60-40-50(46-20-9-3-10-21-46)32-38-58(60)67-59-39-33-51(47-22-11-4-12-23-47)41-61(59)69(54-36-30-49(31-37-54)45-18-7-2-8-19-45)63-43-52(42-62(68)65(63)67)55-25-15-26-57-56-24-13-14-27-64(56)70-66(55)57/h1-43H. The largest absolute Gasteiger partial charge is 0.455 e. The van der Waals surface area contributed by atoms with Gasteiger partial charge in [-0.1, -0.05) is 206 Å². The molecule has 0 saturated heterocycles. The minimum Gasteiger partial charge on any atom is -0.455 e. The Bertz CT molecular complexity index is 3730. The number of anilines is 6. The van der Waals surface area contributed by atoms with Crippen molar-refractivity contribution in [2.45, 2.75) is 0 Å². The predicted octanol–water partition coefficient (Wildman–Crippen LogP) is 16.0. The van der Waals surface area contributed by atoms with Crippen LogP contribution in [0.2, 0.25) is 0 Å². The van der Waals surface area contributed by atoms with Crippen molar-refractivity contribution in [2.24, 2.45) is 0 Å². The highest BCUT2D eigenvalue weighted by atomic mass is 16.3. The van der Waals surface area contributed by atoms with Crippen LogP contribution < -0.4 is 26.2 Å². The van der Waals surface area contributed by atoms with E-state index in [0.717, 1.165) is 67.2 Å². The van der Waals surface area contributed by atoms with Crippen LogP contribution in [-0.2, 0) is 0 Å². The summed E-state index contributed by atoms with van der Waals surface area (Å²) in [7, 11) is 0. The number of nitrogens with zero attached hydrogens (tertiary/aromatic N) is 2. The molecule has 4 heteroatoms. The third kappa shape index (κ3) is 6.53. The molecule has 326 valence electrons. The van der Waals surface area contributed by atoms with Gasteiger partial charge in [0.05, 0.1) is 0 Å². The quantitative estimate of drug-likeness (QED) is 0.149. The molecule has 0 amide bonds. The van der Waals surface area contributed by atoms with E-state index in [0.29, 0.717) is 0 Å². The van der Waals surface area contributed by atoms with Gasteiger partial charge in [0.1, 0.15) is 11.2 Å². The summed E-state index contributed by atoms with van der Waals surface area (Å²) in [6.45, 7) is -0.0691. The summed E-state index contributed by atoms with van der Waals surface area (Å²) < 4.78 is 6.84. The van der Waals surface area contributed by atoms with Gasteiger partial charge in [0, 0.05) is 50.5 Å². The lowest BCUT2D eigenvalue weighted by Crippen LogP contribution is -2.61. The first-order valence-electron chi connectivity index (χ1n) is 24.1. The van der Waals surface area contributed by atoms with Gasteiger partial charge in [0.2, 0.25) is 0 Å². The first-order valence-corrected chi connectivity index (χ1v) is 24.1. The van der Waals surface area contributed by atoms with Crippen molar-refractivity contribution in [1.82, 2.24) is 0 Å². The molecule has 0 atom stereocenters. The van der Waals surface area contributed by atoms with Gasteiger partial charge in [-0.3, -0.25) is 0 Å². The number of fused-ring (bicyclic) bond motifs is 7. The van der Waals surface area contributed by atoms with Crippen LogP contribution in [0.1, 0.15) is 0 Å². The van der Waals surface area contributed by atoms with Crippen LogP contribution in [0.5, 0.6) is 0 Å². The zero-order chi connectivity index (χ0) is 46.1. The summed E-state index contributed by atoms with van der Waals surface area (Å²) >= 11 is 0. The number of benzene rings is 11. The van der Waals surface area contributed by atoms with Crippen LogP contribution in [0.4, 0.5) is 34.1 Å². The van der Waals surface area contributed by atoms with Gasteiger partial charge in [0.25, 0.3) is 6.71 Å². The normalized spacial score (nSPS) is 12.5. The van der Waals surface area contributed by atoms with E-state index < -0.39 is 0 Å². The number of furan rings is 1. The monoisotopic (exact) mass is 890 g/mol. The first-order chi connectivity index (χ1) is 34.7. The van der Waals surface area contributed by atoms with E-state index >= 15 is 0 Å². The van der Waals surface area contributed by atoms with Crippen LogP contribution in [0.25, 0.3) is 77.6 Å². The van der Waals surface area contributed by atoms with Gasteiger partial charge in [-0.05, 0) is 121 Å². The molecular weight excluding hydrogens is 848 g/mol. The van der Waals surface area contributed by atoms with Gasteiger partial charge in [-0.2, -0.15) is 0 Å². The first kappa shape index (κ1) is 40.0. The Labute approximate surface area is 407 Å². The molecule has 0 aliphatic carbocycles. The minimum atomic E-state index is -0.0691. The highest BCUT2D eigenvalue weighted by Crippen LogP contribution is 2.49. The second-order valence-electron chi connectivity index (χ2n) is 18.4. The number of hydrogen-bond acceptors (Lipinski definition) is 3. The van der Waals surface area contributed by atoms with Crippen LogP contribution in [0.15, 0.2) is 265 Å². The molecule has 3 heterocycles. The Balaban J connectivity index is 1.08. The van der Waals surface area contributed by atoms with Gasteiger partial charge >= 0.3 is 0 Å². The smallest absolute Gasteiger partial charge is 0.252 e. The molecule has 12 aromatic rings. The van der Waals surface area contributed by atoms with Crippen LogP contribution in [0.3, 0.4) is 0 Å². The molecule has 0 fully saturated rings. The highest BCUT2D eigenvalue weighted by Gasteiger charge is 2.44. The maximum absolute atomic E-state index is 6.84. The number of para-hydroxylation sites is 2. The summed E-state index contributed by atoms with van der Waals surface area (Å²) in [5.74, 6) is 0. The van der Waals surface area contributed by atoms with Crippen molar-refractivity contribution < 1.29 is 4.42 Å². The SMILES string of the molecule is c1ccc(-c2ccc(N3c4cc(-c5ccccc5)ccc4B4c5ccc(-c6ccccc6)cc5N(c5ccc(-c6ccccc6)cc5)c5cc(-c6cccc7c6oc6ccccc67)cc3c54)cc2)cc1. The molecule has 0 radical (unpaired) electrons. The van der Waals surface area contributed by atoms with Gasteiger partial charge in [0.15, 0.2) is 0 Å². The Morgan fingerprint density at radius 3 is 1.16 bits per heavy atom. The van der Waals surface area contributed by atoms with Gasteiger partial charge in [-0.25, -0.2) is 0 Å². The van der Waals surface area contributed by atoms with E-state index in [1.165, 1.54) is 60.9 Å². The predicted molar refractivity (Wildman–Crippen MR) is 295 cm³/mol. The second-order valence-corrected chi connectivity index (χ2v) is 18.4. The van der Waals surface area contributed by atoms with E-state index in [2.05, 4.69) is 271 Å². The third-order valence-corrected chi connectivity index (χ3v) is 14.5. The van der Waals surface area contributed by atoms with E-state index in [4.69, 9.17) is 4.42 Å². The zero-order valence-corrected chi connectivity index (χ0v) is 38.2. The van der Waals surface area contributed by atoms with Crippen molar-refractivity contribution in [1.29, 1.82) is 0 Å². The van der Waals surface area contributed by atoms with E-state index in [1.54, 1.807) is 0 Å². The van der Waals surface area contributed by atoms with Crippen LogP contribution >= 0.6 is 0 Å². The second kappa shape index (κ2) is 16.3. The summed E-state index contributed by atoms with van der Waals surface area (Å²) in [6.07, 6.45) is 0. The Morgan fingerprint density at radius 2 is 0.671 bits per heavy atom. The summed E-state index contributed by atoms with van der Waals surface area (Å²) in [5, 5.41) is 2.22. The topological polar surface area (TPSA) is 19.6 Å². The molecule has 3 nitrogen and oxygen atoms in total. The fraction of sp³-hybridized carbons (Fsp3) is 0. The number of rotatable bonds is 7. The van der Waals surface area contributed by atoms with Crippen molar-refractivity contribution in [3.63, 3.8) is 0 Å². The molecule has 0 spiro atoms. The fourth-order valence-corrected chi connectivity index (χ4v) is 11.2. The van der Waals surface area contributed by atoms with E-state index in [9.17, 15) is 0 Å². The Kier molecular flexibility index (Phi) is 9.31. The Hall–Kier alpha value is -9.12. The molecule has 11 aromatic carbocycles. The molecule has 70 heavy (non-hydrogen) atoms. The van der Waals surface area contributed by atoms with Crippen LogP contribution in [-0.4, -0.2) is 6.71 Å². The summed E-state index contributed by atoms with van der Waals surface area (Å²) in [4.78, 5) is 5.04. The molecule has 14 rings (SSSR count). The van der Waals surface area contributed by atoms with Gasteiger partial charge in [-0.15, -0.1) is 0 Å². The molecule has 2 aliphatic rings. The molecule has 0 saturated carbocycles. The average molecular weight is 891 g/mol. The van der Waals surface area contributed by atoms with Crippen molar-refractivity contribution in [3.8, 4) is 55.6 Å². The zero-order valence-electron chi connectivity index (χ0n) is 38.2. The fourth-order valence-electron chi connectivity index (χ4n) is 11.2. The van der Waals surface area contributed by atoms with Crippen molar-refractivity contribution >= 4 is 79.2 Å². The van der Waals surface area contributed by atoms with Crippen molar-refractivity contribution in [2.75, 3.05) is 9.80 Å². The molecule has 1 aromatic heterocycles. The lowest BCUT2D eigenvalue weighted by atomic mass is 9.33. The van der Waals surface area contributed by atoms with E-state index in [1.807, 2.05) is 0 Å².